The highest BCUT2D eigenvalue weighted by molar-refractivity contribution is 5.88. The van der Waals surface area contributed by atoms with Gasteiger partial charge in [0.2, 0.25) is 5.91 Å². The van der Waals surface area contributed by atoms with Gasteiger partial charge in [0.05, 0.1) is 11.3 Å². The number of nitrogens with one attached hydrogen (secondary N) is 2. The molecule has 6 heteroatoms. The first-order valence-electron chi connectivity index (χ1n) is 7.12. The number of piperidine rings is 1. The van der Waals surface area contributed by atoms with Crippen molar-refractivity contribution in [1.82, 2.24) is 10.2 Å². The van der Waals surface area contributed by atoms with Crippen LogP contribution in [-0.2, 0) is 10.2 Å². The molecule has 1 aliphatic carbocycles. The zero-order chi connectivity index (χ0) is 15.2. The second-order valence-electron chi connectivity index (χ2n) is 6.21. The lowest BCUT2D eigenvalue weighted by Gasteiger charge is -2.20. The second-order valence-corrected chi connectivity index (χ2v) is 6.21. The molecule has 3 rings (SSSR count). The molecule has 4 unspecified atom stereocenters. The molecule has 1 aromatic carbocycles. The Morgan fingerprint density at radius 2 is 2.10 bits per heavy atom. The number of hydrogen-bond donors (Lipinski definition) is 4. The molecule has 1 saturated carbocycles. The van der Waals surface area contributed by atoms with Crippen molar-refractivity contribution in [3.05, 3.63) is 29.8 Å². The first-order chi connectivity index (χ1) is 9.93. The molecule has 4 N–H and O–H groups in total. The average Bonchev–Trinajstić information content (AvgIpc) is 3.10. The number of carbonyl (C=O) groups excluding carboxylic acids is 1. The van der Waals surface area contributed by atoms with E-state index in [1.54, 1.807) is 0 Å². The SMILES string of the molecule is CN(C)CC(O)Nc1ccc(C23CC2C(=O)NC3O)cc1. The first-order valence-corrected chi connectivity index (χ1v) is 7.12. The van der Waals surface area contributed by atoms with Crippen molar-refractivity contribution in [3.8, 4) is 0 Å². The smallest absolute Gasteiger partial charge is 0.226 e. The van der Waals surface area contributed by atoms with Crippen LogP contribution in [0.15, 0.2) is 24.3 Å². The van der Waals surface area contributed by atoms with Crippen LogP contribution in [0.1, 0.15) is 12.0 Å². The molecule has 2 aliphatic rings. The summed E-state index contributed by atoms with van der Waals surface area (Å²) in [5, 5.41) is 25.5. The molecule has 0 radical (unpaired) electrons. The zero-order valence-corrected chi connectivity index (χ0v) is 12.2. The van der Waals surface area contributed by atoms with Gasteiger partial charge < -0.3 is 25.7 Å². The Kier molecular flexibility index (Phi) is 3.39. The fourth-order valence-electron chi connectivity index (χ4n) is 3.21. The van der Waals surface area contributed by atoms with Gasteiger partial charge in [-0.3, -0.25) is 4.79 Å². The van der Waals surface area contributed by atoms with E-state index in [9.17, 15) is 15.0 Å². The van der Waals surface area contributed by atoms with E-state index in [-0.39, 0.29) is 11.8 Å². The van der Waals surface area contributed by atoms with Gasteiger partial charge in [-0.15, -0.1) is 0 Å². The van der Waals surface area contributed by atoms with Crippen LogP contribution in [0, 0.1) is 5.92 Å². The fourth-order valence-corrected chi connectivity index (χ4v) is 3.21. The van der Waals surface area contributed by atoms with Crippen LogP contribution in [0.2, 0.25) is 0 Å². The molecular weight excluding hydrogens is 270 g/mol. The van der Waals surface area contributed by atoms with Crippen LogP contribution in [0.3, 0.4) is 0 Å². The third kappa shape index (κ3) is 2.39. The Morgan fingerprint density at radius 3 is 2.57 bits per heavy atom. The summed E-state index contributed by atoms with van der Waals surface area (Å²) >= 11 is 0. The maximum absolute atomic E-state index is 11.6. The van der Waals surface area contributed by atoms with Gasteiger partial charge in [0, 0.05) is 12.2 Å². The summed E-state index contributed by atoms with van der Waals surface area (Å²) in [6, 6.07) is 7.56. The lowest BCUT2D eigenvalue weighted by Crippen LogP contribution is -2.35. The van der Waals surface area contributed by atoms with Crippen molar-refractivity contribution < 1.29 is 15.0 Å². The van der Waals surface area contributed by atoms with Crippen molar-refractivity contribution >= 4 is 11.6 Å². The van der Waals surface area contributed by atoms with Crippen molar-refractivity contribution in [2.24, 2.45) is 5.92 Å². The van der Waals surface area contributed by atoms with E-state index >= 15 is 0 Å². The summed E-state index contributed by atoms with van der Waals surface area (Å²) in [4.78, 5) is 13.5. The highest BCUT2D eigenvalue weighted by Gasteiger charge is 2.68. The monoisotopic (exact) mass is 291 g/mol. The minimum Gasteiger partial charge on any atom is -0.373 e. The van der Waals surface area contributed by atoms with Crippen LogP contribution in [0.4, 0.5) is 5.69 Å². The maximum atomic E-state index is 11.6. The van der Waals surface area contributed by atoms with Crippen LogP contribution in [0.5, 0.6) is 0 Å². The molecule has 0 spiro atoms. The number of rotatable bonds is 5. The Balaban J connectivity index is 1.70. The van der Waals surface area contributed by atoms with Gasteiger partial charge in [0.25, 0.3) is 0 Å². The molecule has 6 nitrogen and oxygen atoms in total. The number of anilines is 1. The molecule has 1 amide bonds. The van der Waals surface area contributed by atoms with Crippen molar-refractivity contribution in [3.63, 3.8) is 0 Å². The lowest BCUT2D eigenvalue weighted by atomic mass is 9.93. The molecule has 1 aromatic rings. The number of aliphatic hydroxyl groups excluding tert-OH is 2. The number of carbonyl (C=O) groups is 1. The molecule has 0 aromatic heterocycles. The minimum absolute atomic E-state index is 0.0638. The van der Waals surface area contributed by atoms with Crippen LogP contribution in [-0.4, -0.2) is 54.1 Å². The third-order valence-corrected chi connectivity index (χ3v) is 4.38. The summed E-state index contributed by atoms with van der Waals surface area (Å²) < 4.78 is 0. The number of fused-ring (bicyclic) bond motifs is 1. The standard InChI is InChI=1S/C15H21N3O3/c1-18(2)8-12(19)16-10-5-3-9(4-6-10)15-7-11(15)13(20)17-14(15)21/h3-6,11-12,14,16,19,21H,7-8H2,1-2H3,(H,17,20). The Labute approximate surface area is 123 Å². The van der Waals surface area contributed by atoms with Gasteiger partial charge in [-0.25, -0.2) is 0 Å². The normalized spacial score (nSPS) is 31.8. The van der Waals surface area contributed by atoms with Crippen molar-refractivity contribution in [2.45, 2.75) is 24.3 Å². The molecular formula is C15H21N3O3. The van der Waals surface area contributed by atoms with Gasteiger partial charge in [-0.05, 0) is 38.2 Å². The molecule has 21 heavy (non-hydrogen) atoms. The molecule has 1 aliphatic heterocycles. The van der Waals surface area contributed by atoms with Gasteiger partial charge in [-0.1, -0.05) is 12.1 Å². The van der Waals surface area contributed by atoms with Crippen molar-refractivity contribution in [1.29, 1.82) is 0 Å². The predicted molar refractivity (Wildman–Crippen MR) is 78.6 cm³/mol. The van der Waals surface area contributed by atoms with Crippen molar-refractivity contribution in [2.75, 3.05) is 26.0 Å². The second kappa shape index (κ2) is 4.98. The molecule has 0 bridgehead atoms. The summed E-state index contributed by atoms with van der Waals surface area (Å²) in [6.45, 7) is 0.519. The number of likely N-dealkylation sites (N-methyl/N-ethyl adjacent to an activating group) is 1. The zero-order valence-electron chi connectivity index (χ0n) is 12.2. The number of nitrogens with zero attached hydrogens (tertiary/aromatic N) is 1. The maximum Gasteiger partial charge on any atom is 0.226 e. The van der Waals surface area contributed by atoms with Gasteiger partial charge in [-0.2, -0.15) is 0 Å². The highest BCUT2D eigenvalue weighted by atomic mass is 16.3. The van der Waals surface area contributed by atoms with Crippen LogP contribution in [0.25, 0.3) is 0 Å². The first kappa shape index (κ1) is 14.3. The predicted octanol–water partition coefficient (Wildman–Crippen LogP) is -0.316. The van der Waals surface area contributed by atoms with E-state index in [2.05, 4.69) is 10.6 Å². The van der Waals surface area contributed by atoms with Crippen LogP contribution >= 0.6 is 0 Å². The Morgan fingerprint density at radius 1 is 1.43 bits per heavy atom. The minimum atomic E-state index is -0.798. The summed E-state index contributed by atoms with van der Waals surface area (Å²) in [7, 11) is 3.79. The van der Waals surface area contributed by atoms with E-state index in [1.807, 2.05) is 43.3 Å². The quantitative estimate of drug-likeness (QED) is 0.559. The van der Waals surface area contributed by atoms with E-state index in [0.29, 0.717) is 13.0 Å². The number of hydrogen-bond acceptors (Lipinski definition) is 5. The summed E-state index contributed by atoms with van der Waals surface area (Å²) in [5.74, 6) is -0.170. The number of benzene rings is 1. The van der Waals surface area contributed by atoms with Gasteiger partial charge in [0.15, 0.2) is 0 Å². The topological polar surface area (TPSA) is 84.8 Å². The average molecular weight is 291 g/mol. The van der Waals surface area contributed by atoms with E-state index in [1.165, 1.54) is 0 Å². The number of aliphatic hydroxyl groups is 2. The number of amides is 1. The Hall–Kier alpha value is -1.63. The largest absolute Gasteiger partial charge is 0.373 e. The Bertz CT molecular complexity index is 546. The molecule has 1 heterocycles. The highest BCUT2D eigenvalue weighted by Crippen LogP contribution is 2.59. The summed E-state index contributed by atoms with van der Waals surface area (Å²) in [6.07, 6.45) is -0.734. The van der Waals surface area contributed by atoms with Crippen LogP contribution < -0.4 is 10.6 Å². The van der Waals surface area contributed by atoms with E-state index in [0.717, 1.165) is 11.3 Å². The molecule has 114 valence electrons. The van der Waals surface area contributed by atoms with E-state index in [4.69, 9.17) is 0 Å². The molecule has 2 fully saturated rings. The lowest BCUT2D eigenvalue weighted by molar-refractivity contribution is -0.122. The van der Waals surface area contributed by atoms with E-state index < -0.39 is 17.9 Å². The summed E-state index contributed by atoms with van der Waals surface area (Å²) in [5.41, 5.74) is 1.33. The fraction of sp³-hybridized carbons (Fsp3) is 0.533. The third-order valence-electron chi connectivity index (χ3n) is 4.38. The van der Waals surface area contributed by atoms with Gasteiger partial charge >= 0.3 is 0 Å². The molecule has 4 atom stereocenters. The van der Waals surface area contributed by atoms with Gasteiger partial charge in [0.1, 0.15) is 12.5 Å². The molecule has 1 saturated heterocycles.